The molecule has 1 N–H and O–H groups in total. The van der Waals surface area contributed by atoms with E-state index >= 15 is 0 Å². The highest BCUT2D eigenvalue weighted by Crippen LogP contribution is 2.46. The van der Waals surface area contributed by atoms with Crippen molar-refractivity contribution in [2.45, 2.75) is 24.7 Å². The maximum absolute atomic E-state index is 11.9. The molecule has 1 amide bonds. The molecule has 0 aliphatic heterocycles. The van der Waals surface area contributed by atoms with E-state index in [-0.39, 0.29) is 11.3 Å². The first-order valence-corrected chi connectivity index (χ1v) is 7.37. The first-order chi connectivity index (χ1) is 9.28. The lowest BCUT2D eigenvalue weighted by atomic mass is 10.0. The van der Waals surface area contributed by atoms with Gasteiger partial charge in [0.25, 0.3) is 0 Å². The van der Waals surface area contributed by atoms with Gasteiger partial charge < -0.3 is 5.32 Å². The monoisotopic (exact) mass is 272 g/mol. The van der Waals surface area contributed by atoms with E-state index < -0.39 is 0 Å². The van der Waals surface area contributed by atoms with Crippen molar-refractivity contribution < 1.29 is 4.79 Å². The minimum Gasteiger partial charge on any atom is -0.355 e. The van der Waals surface area contributed by atoms with Gasteiger partial charge in [-0.1, -0.05) is 12.1 Å². The number of hydrogen-bond acceptors (Lipinski definition) is 3. The lowest BCUT2D eigenvalue weighted by molar-refractivity contribution is -0.120. The Labute approximate surface area is 116 Å². The predicted octanol–water partition coefficient (Wildman–Crippen LogP) is 2.53. The quantitative estimate of drug-likeness (QED) is 0.909. The van der Waals surface area contributed by atoms with Crippen LogP contribution in [-0.2, 0) is 16.6 Å². The van der Waals surface area contributed by atoms with Crippen molar-refractivity contribution in [2.24, 2.45) is 0 Å². The van der Waals surface area contributed by atoms with Gasteiger partial charge in [0.05, 0.1) is 6.42 Å². The highest BCUT2D eigenvalue weighted by Gasteiger charge is 2.45. The summed E-state index contributed by atoms with van der Waals surface area (Å²) in [6, 6.07) is 9.96. The normalized spacial score (nSPS) is 16.0. The van der Waals surface area contributed by atoms with E-state index in [2.05, 4.69) is 16.4 Å². The van der Waals surface area contributed by atoms with Crippen LogP contribution in [0.2, 0.25) is 0 Å². The van der Waals surface area contributed by atoms with Gasteiger partial charge in [-0.25, -0.2) is 0 Å². The molecule has 2 aromatic heterocycles. The maximum atomic E-state index is 11.9. The molecule has 3 nitrogen and oxygen atoms in total. The fourth-order valence-corrected chi connectivity index (χ4v) is 2.96. The molecule has 1 aliphatic carbocycles. The van der Waals surface area contributed by atoms with Crippen LogP contribution in [0.15, 0.2) is 41.9 Å². The van der Waals surface area contributed by atoms with Gasteiger partial charge in [-0.3, -0.25) is 9.78 Å². The zero-order valence-corrected chi connectivity index (χ0v) is 11.5. The van der Waals surface area contributed by atoms with E-state index in [9.17, 15) is 4.79 Å². The topological polar surface area (TPSA) is 42.0 Å². The molecule has 0 aromatic carbocycles. The largest absolute Gasteiger partial charge is 0.355 e. The van der Waals surface area contributed by atoms with Gasteiger partial charge in [0.1, 0.15) is 0 Å². The molecule has 1 fully saturated rings. The summed E-state index contributed by atoms with van der Waals surface area (Å²) < 4.78 is 0. The van der Waals surface area contributed by atoms with Crippen LogP contribution in [0.5, 0.6) is 0 Å². The van der Waals surface area contributed by atoms with Crippen molar-refractivity contribution in [1.82, 2.24) is 10.3 Å². The molecule has 0 radical (unpaired) electrons. The summed E-state index contributed by atoms with van der Waals surface area (Å²) in [5, 5.41) is 5.05. The van der Waals surface area contributed by atoms with E-state index in [0.717, 1.165) is 23.4 Å². The van der Waals surface area contributed by atoms with Gasteiger partial charge >= 0.3 is 0 Å². The highest BCUT2D eigenvalue weighted by atomic mass is 32.1. The average Bonchev–Trinajstić information content (AvgIpc) is 3.08. The third kappa shape index (κ3) is 2.84. The average molecular weight is 272 g/mol. The van der Waals surface area contributed by atoms with E-state index in [4.69, 9.17) is 0 Å². The zero-order valence-electron chi connectivity index (χ0n) is 10.6. The third-order valence-corrected chi connectivity index (χ3v) is 4.48. The molecular formula is C15H16N2OS. The second-order valence-corrected chi connectivity index (χ2v) is 6.06. The number of amides is 1. The molecule has 2 heterocycles. The number of thiophene rings is 1. The van der Waals surface area contributed by atoms with E-state index in [1.165, 1.54) is 0 Å². The Kier molecular flexibility index (Phi) is 3.34. The maximum Gasteiger partial charge on any atom is 0.225 e. The molecule has 0 saturated heterocycles. The van der Waals surface area contributed by atoms with E-state index in [1.54, 1.807) is 11.3 Å². The summed E-state index contributed by atoms with van der Waals surface area (Å²) in [6.45, 7) is 0.703. The SMILES string of the molecule is O=C(Cc1cccs1)NCC1(c2ccccn2)CC1. The summed E-state index contributed by atoms with van der Waals surface area (Å²) in [7, 11) is 0. The molecule has 3 rings (SSSR count). The second-order valence-electron chi connectivity index (χ2n) is 5.03. The van der Waals surface area contributed by atoms with Crippen LogP contribution >= 0.6 is 11.3 Å². The Hall–Kier alpha value is -1.68. The molecule has 4 heteroatoms. The number of pyridine rings is 1. The first-order valence-electron chi connectivity index (χ1n) is 6.49. The second kappa shape index (κ2) is 5.13. The van der Waals surface area contributed by atoms with Crippen molar-refractivity contribution in [1.29, 1.82) is 0 Å². The Bertz CT molecular complexity index is 547. The molecule has 98 valence electrons. The summed E-state index contributed by atoms with van der Waals surface area (Å²) >= 11 is 1.62. The van der Waals surface area contributed by atoms with Crippen molar-refractivity contribution in [3.63, 3.8) is 0 Å². The van der Waals surface area contributed by atoms with Crippen LogP contribution < -0.4 is 5.32 Å². The number of nitrogens with zero attached hydrogens (tertiary/aromatic N) is 1. The van der Waals surface area contributed by atoms with Gasteiger partial charge in [0.2, 0.25) is 5.91 Å². The van der Waals surface area contributed by atoms with Crippen molar-refractivity contribution in [3.8, 4) is 0 Å². The van der Waals surface area contributed by atoms with E-state index in [0.29, 0.717) is 13.0 Å². The van der Waals surface area contributed by atoms with Gasteiger partial charge in [0.15, 0.2) is 0 Å². The van der Waals surface area contributed by atoms with Crippen molar-refractivity contribution in [3.05, 3.63) is 52.5 Å². The molecule has 0 unspecified atom stereocenters. The highest BCUT2D eigenvalue weighted by molar-refractivity contribution is 7.10. The first kappa shape index (κ1) is 12.4. The summed E-state index contributed by atoms with van der Waals surface area (Å²) in [4.78, 5) is 17.4. The minimum atomic E-state index is 0.0897. The van der Waals surface area contributed by atoms with Crippen LogP contribution in [0, 0.1) is 0 Å². The van der Waals surface area contributed by atoms with Gasteiger partial charge in [-0.15, -0.1) is 11.3 Å². The molecule has 1 aliphatic rings. The van der Waals surface area contributed by atoms with Crippen LogP contribution in [-0.4, -0.2) is 17.4 Å². The fourth-order valence-electron chi connectivity index (χ4n) is 2.25. The number of carbonyl (C=O) groups is 1. The Morgan fingerprint density at radius 2 is 2.21 bits per heavy atom. The van der Waals surface area contributed by atoms with Crippen molar-refractivity contribution >= 4 is 17.2 Å². The molecule has 19 heavy (non-hydrogen) atoms. The van der Waals surface area contributed by atoms with E-state index in [1.807, 2.05) is 35.8 Å². The lowest BCUT2D eigenvalue weighted by Gasteiger charge is -2.15. The number of nitrogens with one attached hydrogen (secondary N) is 1. The minimum absolute atomic E-state index is 0.0897. The van der Waals surface area contributed by atoms with Crippen LogP contribution in [0.25, 0.3) is 0 Å². The smallest absolute Gasteiger partial charge is 0.225 e. The van der Waals surface area contributed by atoms with Gasteiger partial charge in [0, 0.05) is 28.7 Å². The molecule has 2 aromatic rings. The van der Waals surface area contributed by atoms with Crippen LogP contribution in [0.4, 0.5) is 0 Å². The summed E-state index contributed by atoms with van der Waals surface area (Å²) in [5.41, 5.74) is 1.19. The number of aromatic nitrogens is 1. The van der Waals surface area contributed by atoms with Crippen LogP contribution in [0.3, 0.4) is 0 Å². The summed E-state index contributed by atoms with van der Waals surface area (Å²) in [6.07, 6.45) is 4.53. The zero-order chi connectivity index (χ0) is 13.1. The molecule has 0 bridgehead atoms. The molecule has 1 saturated carbocycles. The van der Waals surface area contributed by atoms with Gasteiger partial charge in [-0.05, 0) is 36.4 Å². The fraction of sp³-hybridized carbons (Fsp3) is 0.333. The van der Waals surface area contributed by atoms with Gasteiger partial charge in [-0.2, -0.15) is 0 Å². The number of rotatable bonds is 5. The Morgan fingerprint density at radius 3 is 2.84 bits per heavy atom. The van der Waals surface area contributed by atoms with Crippen molar-refractivity contribution in [2.75, 3.05) is 6.54 Å². The molecule has 0 spiro atoms. The lowest BCUT2D eigenvalue weighted by Crippen LogP contribution is -2.33. The third-order valence-electron chi connectivity index (χ3n) is 3.60. The molecule has 0 atom stereocenters. The number of hydrogen-bond donors (Lipinski definition) is 1. The Balaban J connectivity index is 1.56. The standard InChI is InChI=1S/C15H16N2OS/c18-14(10-12-4-3-9-19-12)17-11-15(6-7-15)13-5-1-2-8-16-13/h1-5,8-9H,6-7,10-11H2,(H,17,18). The Morgan fingerprint density at radius 1 is 1.32 bits per heavy atom. The van der Waals surface area contributed by atoms with Crippen LogP contribution in [0.1, 0.15) is 23.4 Å². The molecular weight excluding hydrogens is 256 g/mol. The summed E-state index contributed by atoms with van der Waals surface area (Å²) in [5.74, 6) is 0.102. The predicted molar refractivity (Wildman–Crippen MR) is 76.2 cm³/mol. The number of carbonyl (C=O) groups excluding carboxylic acids is 1.